The minimum Gasteiger partial charge on any atom is -0.505 e. The van der Waals surface area contributed by atoms with Crippen molar-refractivity contribution in [2.45, 2.75) is 19.4 Å². The summed E-state index contributed by atoms with van der Waals surface area (Å²) in [6.45, 7) is 5.72. The summed E-state index contributed by atoms with van der Waals surface area (Å²) in [5.74, 6) is -0.679. The summed E-state index contributed by atoms with van der Waals surface area (Å²) in [5.41, 5.74) is 7.44. The Kier molecular flexibility index (Phi) is 7.07. The number of amides is 1. The van der Waals surface area contributed by atoms with Crippen molar-refractivity contribution in [1.29, 1.82) is 5.41 Å². The van der Waals surface area contributed by atoms with E-state index in [4.69, 9.17) is 15.9 Å². The number of nitrogens with zero attached hydrogens (tertiary/aromatic N) is 2. The zero-order chi connectivity index (χ0) is 24.3. The van der Waals surface area contributed by atoms with Crippen LogP contribution in [0.15, 0.2) is 42.5 Å². The third-order valence-corrected chi connectivity index (χ3v) is 5.88. The Hall–Kier alpha value is -3.39. The first-order valence-electron chi connectivity index (χ1n) is 10.7. The van der Waals surface area contributed by atoms with E-state index in [2.05, 4.69) is 0 Å². The molecule has 0 aromatic heterocycles. The van der Waals surface area contributed by atoms with E-state index in [-0.39, 0.29) is 11.8 Å². The smallest absolute Gasteiger partial charge is 0.246 e. The van der Waals surface area contributed by atoms with Crippen molar-refractivity contribution in [3.8, 4) is 22.6 Å². The molecule has 0 saturated carbocycles. The molecular formula is C25H31FN4O3. The van der Waals surface area contributed by atoms with Gasteiger partial charge in [-0.25, -0.2) is 4.39 Å². The molecule has 0 aliphatic carbocycles. The van der Waals surface area contributed by atoms with Gasteiger partial charge in [-0.15, -0.1) is 0 Å². The number of nitrogen functional groups attached to an aromatic ring is 1. The number of likely N-dealkylation sites (N-methyl/N-ethyl adjacent to an activating group) is 1. The van der Waals surface area contributed by atoms with Gasteiger partial charge in [0.05, 0.1) is 5.56 Å². The number of hydrogen-bond donors (Lipinski definition) is 3. The predicted octanol–water partition coefficient (Wildman–Crippen LogP) is 3.51. The van der Waals surface area contributed by atoms with Crippen LogP contribution < -0.4 is 10.5 Å². The van der Waals surface area contributed by atoms with E-state index in [1.54, 1.807) is 29.2 Å². The van der Waals surface area contributed by atoms with Crippen LogP contribution in [-0.4, -0.2) is 66.4 Å². The highest BCUT2D eigenvalue weighted by Crippen LogP contribution is 2.37. The number of anilines is 1. The van der Waals surface area contributed by atoms with E-state index in [1.807, 2.05) is 38.9 Å². The molecule has 0 unspecified atom stereocenters. The number of nitrogens with one attached hydrogen (secondary N) is 1. The molecule has 1 fully saturated rings. The maximum Gasteiger partial charge on any atom is 0.246 e. The lowest BCUT2D eigenvalue weighted by atomic mass is 9.84. The van der Waals surface area contributed by atoms with Gasteiger partial charge < -0.3 is 30.8 Å². The monoisotopic (exact) mass is 454 g/mol. The number of carbonyl (C=O) groups is 1. The molecule has 176 valence electrons. The second-order valence-corrected chi connectivity index (χ2v) is 9.10. The van der Waals surface area contributed by atoms with Crippen LogP contribution >= 0.6 is 0 Å². The van der Waals surface area contributed by atoms with Crippen LogP contribution in [0.2, 0.25) is 0 Å². The number of rotatable bonds is 8. The largest absolute Gasteiger partial charge is 0.505 e. The summed E-state index contributed by atoms with van der Waals surface area (Å²) >= 11 is 0. The number of halogens is 1. The quantitative estimate of drug-likeness (QED) is 0.322. The lowest BCUT2D eigenvalue weighted by molar-refractivity contribution is -0.137. The van der Waals surface area contributed by atoms with Crippen LogP contribution in [0.3, 0.4) is 0 Å². The number of aromatic hydroxyl groups is 1. The van der Waals surface area contributed by atoms with E-state index in [1.165, 1.54) is 12.1 Å². The number of benzene rings is 2. The minimum absolute atomic E-state index is 0.0234. The first kappa shape index (κ1) is 24.3. The molecule has 1 aliphatic heterocycles. The number of ether oxygens (including phenoxy) is 1. The van der Waals surface area contributed by atoms with Gasteiger partial charge in [-0.2, -0.15) is 0 Å². The average Bonchev–Trinajstić information content (AvgIpc) is 2.67. The van der Waals surface area contributed by atoms with Crippen LogP contribution in [0.1, 0.15) is 19.4 Å². The Morgan fingerprint density at radius 2 is 2.00 bits per heavy atom. The SMILES string of the molecule is CN(C)C/C=C/C(=O)N1CC(C(C)(C)Oc2cc(-c3ccc(O)c(F)c3)cc(N)c2C=N)C1. The third-order valence-electron chi connectivity index (χ3n) is 5.88. The van der Waals surface area contributed by atoms with Crippen LogP contribution in [0.25, 0.3) is 11.1 Å². The Balaban J connectivity index is 1.77. The van der Waals surface area contributed by atoms with Crippen LogP contribution in [0.4, 0.5) is 10.1 Å². The van der Waals surface area contributed by atoms with Crippen molar-refractivity contribution < 1.29 is 19.0 Å². The summed E-state index contributed by atoms with van der Waals surface area (Å²) in [5, 5.41) is 17.3. The average molecular weight is 455 g/mol. The second-order valence-electron chi connectivity index (χ2n) is 9.10. The standard InChI is InChI=1S/C25H31FN4O3/c1-25(2,18-14-30(15-18)24(32)6-5-9-29(3)4)33-23-12-17(11-21(28)19(23)13-27)16-7-8-22(31)20(26)10-16/h5-8,10-13,18,27,31H,9,14-15,28H2,1-4H3/b6-5+,27-13?. The fourth-order valence-electron chi connectivity index (χ4n) is 3.67. The first-order valence-corrected chi connectivity index (χ1v) is 10.7. The van der Waals surface area contributed by atoms with Crippen LogP contribution in [-0.2, 0) is 4.79 Å². The molecule has 2 aromatic rings. The highest BCUT2D eigenvalue weighted by Gasteiger charge is 2.42. The first-order chi connectivity index (χ1) is 15.5. The molecule has 8 heteroatoms. The molecule has 0 spiro atoms. The van der Waals surface area contributed by atoms with E-state index < -0.39 is 17.2 Å². The van der Waals surface area contributed by atoms with E-state index in [0.717, 1.165) is 6.21 Å². The molecule has 1 aliphatic rings. The van der Waals surface area contributed by atoms with Gasteiger partial charge in [0.2, 0.25) is 5.91 Å². The molecule has 1 saturated heterocycles. The zero-order valence-corrected chi connectivity index (χ0v) is 19.4. The van der Waals surface area contributed by atoms with Crippen molar-refractivity contribution >= 4 is 17.8 Å². The normalized spacial score (nSPS) is 14.5. The van der Waals surface area contributed by atoms with Crippen molar-refractivity contribution in [1.82, 2.24) is 9.80 Å². The maximum atomic E-state index is 13.9. The van der Waals surface area contributed by atoms with Crippen molar-refractivity contribution in [3.63, 3.8) is 0 Å². The Morgan fingerprint density at radius 1 is 1.30 bits per heavy atom. The summed E-state index contributed by atoms with van der Waals surface area (Å²) in [4.78, 5) is 16.1. The van der Waals surface area contributed by atoms with Gasteiger partial charge in [-0.3, -0.25) is 4.79 Å². The summed E-state index contributed by atoms with van der Waals surface area (Å²) in [6, 6.07) is 7.46. The number of nitrogens with two attached hydrogens (primary N) is 1. The Morgan fingerprint density at radius 3 is 2.61 bits per heavy atom. The highest BCUT2D eigenvalue weighted by molar-refractivity contribution is 5.91. The zero-order valence-electron chi connectivity index (χ0n) is 19.4. The third kappa shape index (κ3) is 5.51. The lowest BCUT2D eigenvalue weighted by Crippen LogP contribution is -2.59. The predicted molar refractivity (Wildman–Crippen MR) is 128 cm³/mol. The van der Waals surface area contributed by atoms with Gasteiger partial charge in [0.25, 0.3) is 0 Å². The Bertz CT molecular complexity index is 1080. The molecule has 7 nitrogen and oxygen atoms in total. The van der Waals surface area contributed by atoms with Crippen LogP contribution in [0.5, 0.6) is 11.5 Å². The molecule has 3 rings (SSSR count). The van der Waals surface area contributed by atoms with E-state index in [0.29, 0.717) is 47.8 Å². The number of carbonyl (C=O) groups excluding carboxylic acids is 1. The molecule has 0 bridgehead atoms. The highest BCUT2D eigenvalue weighted by atomic mass is 19.1. The van der Waals surface area contributed by atoms with Crippen LogP contribution in [0, 0.1) is 17.1 Å². The molecule has 4 N–H and O–H groups in total. The van der Waals surface area contributed by atoms with E-state index >= 15 is 0 Å². The van der Waals surface area contributed by atoms with E-state index in [9.17, 15) is 14.3 Å². The molecular weight excluding hydrogens is 423 g/mol. The van der Waals surface area contributed by atoms with Gasteiger partial charge in [-0.05, 0) is 63.3 Å². The van der Waals surface area contributed by atoms with Gasteiger partial charge in [0.15, 0.2) is 11.6 Å². The summed E-state index contributed by atoms with van der Waals surface area (Å²) < 4.78 is 20.2. The molecule has 33 heavy (non-hydrogen) atoms. The van der Waals surface area contributed by atoms with Gasteiger partial charge in [0.1, 0.15) is 11.4 Å². The number of likely N-dealkylation sites (tertiary alicyclic amines) is 1. The van der Waals surface area contributed by atoms with Crippen molar-refractivity contribution in [2.75, 3.05) is 39.5 Å². The van der Waals surface area contributed by atoms with Crippen molar-refractivity contribution in [2.24, 2.45) is 5.92 Å². The molecule has 1 amide bonds. The van der Waals surface area contributed by atoms with Gasteiger partial charge >= 0.3 is 0 Å². The summed E-state index contributed by atoms with van der Waals surface area (Å²) in [6.07, 6.45) is 4.57. The Labute approximate surface area is 193 Å². The van der Waals surface area contributed by atoms with Gasteiger partial charge in [-0.1, -0.05) is 12.1 Å². The summed E-state index contributed by atoms with van der Waals surface area (Å²) in [7, 11) is 3.88. The van der Waals surface area contributed by atoms with Gasteiger partial charge in [0, 0.05) is 43.5 Å². The second kappa shape index (κ2) is 9.62. The number of phenols is 1. The lowest BCUT2D eigenvalue weighted by Gasteiger charge is -2.47. The van der Waals surface area contributed by atoms with Crippen molar-refractivity contribution in [3.05, 3.63) is 53.9 Å². The maximum absolute atomic E-state index is 13.9. The molecule has 0 radical (unpaired) electrons. The molecule has 0 atom stereocenters. The molecule has 1 heterocycles. The number of hydrogen-bond acceptors (Lipinski definition) is 6. The number of phenolic OH excluding ortho intramolecular Hbond substituents is 1. The molecule has 2 aromatic carbocycles. The fourth-order valence-corrected chi connectivity index (χ4v) is 3.67. The fraction of sp³-hybridized carbons (Fsp3) is 0.360. The minimum atomic E-state index is -0.733. The topological polar surface area (TPSA) is 103 Å².